The van der Waals surface area contributed by atoms with Gasteiger partial charge in [-0.3, -0.25) is 4.99 Å². The van der Waals surface area contributed by atoms with Crippen molar-refractivity contribution < 1.29 is 4.39 Å². The summed E-state index contributed by atoms with van der Waals surface area (Å²) in [6.45, 7) is 5.29. The third-order valence-corrected chi connectivity index (χ3v) is 4.33. The molecule has 4 nitrogen and oxygen atoms in total. The summed E-state index contributed by atoms with van der Waals surface area (Å²) in [5.74, 6) is 0.278. The smallest absolute Gasteiger partial charge is 0.191 e. The molecule has 0 radical (unpaired) electrons. The molecule has 0 unspecified atom stereocenters. The first-order chi connectivity index (χ1) is 9.91. The lowest BCUT2D eigenvalue weighted by atomic mass is 10.1. The Morgan fingerprint density at radius 1 is 1.41 bits per heavy atom. The number of hydrogen-bond donors (Lipinski definition) is 2. The van der Waals surface area contributed by atoms with E-state index < -0.39 is 0 Å². The number of thioether (sulfide) groups is 1. The highest BCUT2D eigenvalue weighted by molar-refractivity contribution is 14.0. The normalized spacial score (nSPS) is 11.4. The van der Waals surface area contributed by atoms with E-state index in [1.165, 1.54) is 12.1 Å². The van der Waals surface area contributed by atoms with Gasteiger partial charge in [0, 0.05) is 30.4 Å². The summed E-state index contributed by atoms with van der Waals surface area (Å²) in [4.78, 5) is 4.11. The highest BCUT2D eigenvalue weighted by Crippen LogP contribution is 2.19. The van der Waals surface area contributed by atoms with Gasteiger partial charge in [0.1, 0.15) is 5.82 Å². The van der Waals surface area contributed by atoms with E-state index in [9.17, 15) is 4.39 Å². The molecule has 0 amide bonds. The predicted molar refractivity (Wildman–Crippen MR) is 102 cm³/mol. The Labute approximate surface area is 153 Å². The van der Waals surface area contributed by atoms with Crippen LogP contribution in [0.4, 0.5) is 4.39 Å². The molecule has 0 aromatic heterocycles. The Morgan fingerprint density at radius 2 is 2.09 bits per heavy atom. The van der Waals surface area contributed by atoms with Crippen molar-refractivity contribution in [3.63, 3.8) is 0 Å². The molecule has 0 aliphatic rings. The van der Waals surface area contributed by atoms with E-state index in [-0.39, 0.29) is 41.1 Å². The monoisotopic (exact) mass is 436 g/mol. The summed E-state index contributed by atoms with van der Waals surface area (Å²) in [5.41, 5.74) is 0.890. The summed E-state index contributed by atoms with van der Waals surface area (Å²) in [6, 6.07) is 6.32. The maximum Gasteiger partial charge on any atom is 0.191 e. The minimum atomic E-state index is -0.332. The molecule has 0 fully saturated rings. The number of rotatable bonds is 5. The molecule has 22 heavy (non-hydrogen) atoms. The van der Waals surface area contributed by atoms with Crippen LogP contribution < -0.4 is 10.6 Å². The molecule has 122 valence electrons. The van der Waals surface area contributed by atoms with E-state index >= 15 is 0 Å². The number of guanidine groups is 1. The molecule has 2 N–H and O–H groups in total. The lowest BCUT2D eigenvalue weighted by Gasteiger charge is -2.23. The van der Waals surface area contributed by atoms with E-state index in [1.807, 2.05) is 6.07 Å². The fraction of sp³-hybridized carbons (Fsp3) is 0.467. The zero-order chi connectivity index (χ0) is 15.9. The van der Waals surface area contributed by atoms with Crippen molar-refractivity contribution in [2.45, 2.75) is 25.1 Å². The molecule has 7 heteroatoms. The van der Waals surface area contributed by atoms with Gasteiger partial charge >= 0.3 is 0 Å². The van der Waals surface area contributed by atoms with Gasteiger partial charge in [-0.1, -0.05) is 0 Å². The minimum Gasteiger partial charge on any atom is -0.355 e. The number of nitrogens with one attached hydrogen (secondary N) is 2. The van der Waals surface area contributed by atoms with Gasteiger partial charge in [-0.15, -0.1) is 24.0 Å². The molecule has 0 aliphatic heterocycles. The molecule has 0 bridgehead atoms. The zero-order valence-electron chi connectivity index (χ0n) is 13.2. The Balaban J connectivity index is 0.00000441. The average molecular weight is 436 g/mol. The van der Waals surface area contributed by atoms with Gasteiger partial charge in [-0.25, -0.2) is 4.39 Å². The fourth-order valence-electron chi connectivity index (χ4n) is 1.55. The van der Waals surface area contributed by atoms with Crippen LogP contribution in [0.25, 0.3) is 0 Å². The maximum absolute atomic E-state index is 13.7. The average Bonchev–Trinajstić information content (AvgIpc) is 2.49. The Hall–Kier alpha value is -1.01. The van der Waals surface area contributed by atoms with E-state index in [0.717, 1.165) is 6.54 Å². The van der Waals surface area contributed by atoms with E-state index in [4.69, 9.17) is 5.26 Å². The second kappa shape index (κ2) is 9.90. The van der Waals surface area contributed by atoms with E-state index in [0.29, 0.717) is 17.1 Å². The van der Waals surface area contributed by atoms with Crippen LogP contribution in [0.5, 0.6) is 0 Å². The molecule has 1 rings (SSSR count). The Morgan fingerprint density at radius 3 is 2.64 bits per heavy atom. The Bertz CT molecular complexity index is 555. The number of halogens is 2. The molecule has 0 heterocycles. The van der Waals surface area contributed by atoms with Gasteiger partial charge in [-0.05, 0) is 38.3 Å². The van der Waals surface area contributed by atoms with Gasteiger partial charge in [0.15, 0.2) is 5.96 Å². The van der Waals surface area contributed by atoms with Crippen LogP contribution in [0.15, 0.2) is 23.2 Å². The summed E-state index contributed by atoms with van der Waals surface area (Å²) in [7, 11) is 1.67. The van der Waals surface area contributed by atoms with E-state index in [2.05, 4.69) is 35.7 Å². The molecular weight excluding hydrogens is 414 g/mol. The van der Waals surface area contributed by atoms with Gasteiger partial charge in [0.25, 0.3) is 0 Å². The highest BCUT2D eigenvalue weighted by atomic mass is 127. The molecule has 0 atom stereocenters. The predicted octanol–water partition coefficient (Wildman–Crippen LogP) is 3.12. The molecule has 1 aromatic carbocycles. The Kier molecular flexibility index (Phi) is 9.44. The standard InChI is InChI=1S/C15H21FN4S.HI/c1-15(2,21-4)10-20-14(18-3)19-9-12-7-11(8-17)5-6-13(12)16;/h5-7H,9-10H2,1-4H3,(H2,18,19,20);1H. The van der Waals surface area contributed by atoms with Crippen LogP contribution in [-0.2, 0) is 6.54 Å². The first kappa shape index (κ1) is 21.0. The first-order valence-corrected chi connectivity index (χ1v) is 7.82. The van der Waals surface area contributed by atoms with Crippen molar-refractivity contribution in [3.8, 4) is 6.07 Å². The zero-order valence-corrected chi connectivity index (χ0v) is 16.4. The topological polar surface area (TPSA) is 60.2 Å². The highest BCUT2D eigenvalue weighted by Gasteiger charge is 2.16. The van der Waals surface area contributed by atoms with Gasteiger partial charge in [0.05, 0.1) is 11.6 Å². The van der Waals surface area contributed by atoms with Crippen LogP contribution in [0.2, 0.25) is 0 Å². The molecule has 0 spiro atoms. The second-order valence-corrected chi connectivity index (χ2v) is 6.67. The van der Waals surface area contributed by atoms with Crippen LogP contribution in [0.3, 0.4) is 0 Å². The van der Waals surface area contributed by atoms with E-state index in [1.54, 1.807) is 24.9 Å². The number of benzene rings is 1. The minimum absolute atomic E-state index is 0. The van der Waals surface area contributed by atoms with Crippen LogP contribution in [-0.4, -0.2) is 30.6 Å². The SMILES string of the molecule is CN=C(NCc1cc(C#N)ccc1F)NCC(C)(C)SC.I. The first-order valence-electron chi connectivity index (χ1n) is 6.60. The second-order valence-electron chi connectivity index (χ2n) is 5.16. The molecule has 1 aromatic rings. The largest absolute Gasteiger partial charge is 0.355 e. The molecular formula is C15H22FIN4S. The quantitative estimate of drug-likeness (QED) is 0.423. The van der Waals surface area contributed by atoms with Gasteiger partial charge in [0.2, 0.25) is 0 Å². The van der Waals surface area contributed by atoms with Crippen molar-refractivity contribution in [2.75, 3.05) is 19.8 Å². The van der Waals surface area contributed by atoms with Crippen molar-refractivity contribution >= 4 is 41.7 Å². The van der Waals surface area contributed by atoms with Gasteiger partial charge in [-0.2, -0.15) is 17.0 Å². The maximum atomic E-state index is 13.7. The van der Waals surface area contributed by atoms with Crippen LogP contribution in [0, 0.1) is 17.1 Å². The van der Waals surface area contributed by atoms with Crippen molar-refractivity contribution in [3.05, 3.63) is 35.1 Å². The fourth-order valence-corrected chi connectivity index (χ4v) is 1.76. The number of nitriles is 1. The van der Waals surface area contributed by atoms with Crippen LogP contribution in [0.1, 0.15) is 25.0 Å². The summed E-state index contributed by atoms with van der Waals surface area (Å²) >= 11 is 1.76. The number of hydrogen-bond acceptors (Lipinski definition) is 3. The lowest BCUT2D eigenvalue weighted by Crippen LogP contribution is -2.43. The summed E-state index contributed by atoms with van der Waals surface area (Å²) < 4.78 is 13.8. The summed E-state index contributed by atoms with van der Waals surface area (Å²) in [6.07, 6.45) is 2.06. The lowest BCUT2D eigenvalue weighted by molar-refractivity contribution is 0.602. The molecule has 0 saturated heterocycles. The number of aliphatic imine (C=N–C) groups is 1. The van der Waals surface area contributed by atoms with Crippen molar-refractivity contribution in [1.82, 2.24) is 10.6 Å². The summed E-state index contributed by atoms with van der Waals surface area (Å²) in [5, 5.41) is 15.1. The van der Waals surface area contributed by atoms with Crippen molar-refractivity contribution in [1.29, 1.82) is 5.26 Å². The third-order valence-electron chi connectivity index (χ3n) is 3.08. The third kappa shape index (κ3) is 6.83. The molecule has 0 saturated carbocycles. The number of nitrogens with zero attached hydrogens (tertiary/aromatic N) is 2. The van der Waals surface area contributed by atoms with Crippen LogP contribution >= 0.6 is 35.7 Å². The van der Waals surface area contributed by atoms with Gasteiger partial charge < -0.3 is 10.6 Å². The molecule has 0 aliphatic carbocycles. The van der Waals surface area contributed by atoms with Crippen molar-refractivity contribution in [2.24, 2.45) is 4.99 Å².